The third kappa shape index (κ3) is 4.33. The van der Waals surface area contributed by atoms with Gasteiger partial charge >= 0.3 is 0 Å². The molecule has 2 rings (SSSR count). The lowest BCUT2D eigenvalue weighted by atomic mass is 10.1. The zero-order chi connectivity index (χ0) is 14.2. The first kappa shape index (κ1) is 14.5. The van der Waals surface area contributed by atoms with Crippen LogP contribution in [0.1, 0.15) is 11.3 Å². The van der Waals surface area contributed by atoms with Crippen molar-refractivity contribution in [1.82, 2.24) is 10.3 Å². The Hall–Kier alpha value is -1.91. The van der Waals surface area contributed by atoms with E-state index >= 15 is 0 Å². The van der Waals surface area contributed by atoms with Crippen LogP contribution in [0.15, 0.2) is 42.5 Å². The molecule has 2 aromatic rings. The fourth-order valence-corrected chi connectivity index (χ4v) is 1.86. The van der Waals surface area contributed by atoms with Crippen LogP contribution in [0.4, 0.5) is 0 Å². The molecule has 0 saturated carbocycles. The first-order valence-corrected chi connectivity index (χ1v) is 6.68. The Labute approximate surface area is 119 Å². The minimum Gasteiger partial charge on any atom is -0.439 e. The van der Waals surface area contributed by atoms with Gasteiger partial charge in [-0.2, -0.15) is 0 Å². The molecule has 0 spiro atoms. The highest BCUT2D eigenvalue weighted by atomic mass is 16.5. The van der Waals surface area contributed by atoms with E-state index in [-0.39, 0.29) is 0 Å². The number of nitrogens with zero attached hydrogens (tertiary/aromatic N) is 1. The summed E-state index contributed by atoms with van der Waals surface area (Å²) in [5, 5.41) is 3.07. The van der Waals surface area contributed by atoms with Crippen LogP contribution in [0.3, 0.4) is 0 Å². The van der Waals surface area contributed by atoms with Gasteiger partial charge in [-0.25, -0.2) is 4.98 Å². The molecular weight excluding hydrogens is 252 g/mol. The maximum atomic E-state index is 5.75. The van der Waals surface area contributed by atoms with Crippen molar-refractivity contribution in [1.29, 1.82) is 0 Å². The van der Waals surface area contributed by atoms with Gasteiger partial charge in [0, 0.05) is 19.7 Å². The van der Waals surface area contributed by atoms with Crippen molar-refractivity contribution in [2.24, 2.45) is 0 Å². The number of hydrogen-bond donors (Lipinski definition) is 1. The zero-order valence-electron chi connectivity index (χ0n) is 11.9. The van der Waals surface area contributed by atoms with Crippen LogP contribution >= 0.6 is 0 Å². The summed E-state index contributed by atoms with van der Waals surface area (Å²) < 4.78 is 10.8. The van der Waals surface area contributed by atoms with E-state index in [9.17, 15) is 0 Å². The highest BCUT2D eigenvalue weighted by Crippen LogP contribution is 2.20. The van der Waals surface area contributed by atoms with Crippen molar-refractivity contribution in [2.45, 2.75) is 13.0 Å². The molecule has 0 fully saturated rings. The minimum atomic E-state index is 0.613. The number of pyridine rings is 1. The predicted molar refractivity (Wildman–Crippen MR) is 79.1 cm³/mol. The lowest BCUT2D eigenvalue weighted by Crippen LogP contribution is -2.06. The molecule has 0 atom stereocenters. The summed E-state index contributed by atoms with van der Waals surface area (Å²) in [6, 6.07) is 13.8. The number of methoxy groups -OCH3 is 1. The smallest absolute Gasteiger partial charge is 0.219 e. The second-order valence-corrected chi connectivity index (χ2v) is 4.49. The Bertz CT molecular complexity index is 526. The van der Waals surface area contributed by atoms with E-state index < -0.39 is 0 Å². The van der Waals surface area contributed by atoms with E-state index in [0.717, 1.165) is 31.0 Å². The number of ether oxygens (including phenoxy) is 2. The molecule has 0 aliphatic heterocycles. The molecule has 1 N–H and O–H groups in total. The van der Waals surface area contributed by atoms with E-state index in [1.54, 1.807) is 7.11 Å². The van der Waals surface area contributed by atoms with Gasteiger partial charge in [0.1, 0.15) is 5.75 Å². The number of nitrogens with one attached hydrogen (secondary N) is 1. The third-order valence-corrected chi connectivity index (χ3v) is 2.88. The van der Waals surface area contributed by atoms with Crippen molar-refractivity contribution in [3.8, 4) is 11.6 Å². The number of benzene rings is 1. The van der Waals surface area contributed by atoms with Crippen molar-refractivity contribution < 1.29 is 9.47 Å². The molecule has 20 heavy (non-hydrogen) atoms. The highest BCUT2D eigenvalue weighted by molar-refractivity contribution is 5.31. The van der Waals surface area contributed by atoms with Gasteiger partial charge in [0.2, 0.25) is 5.88 Å². The molecule has 1 aromatic carbocycles. The van der Waals surface area contributed by atoms with Gasteiger partial charge in [0.15, 0.2) is 0 Å². The van der Waals surface area contributed by atoms with Gasteiger partial charge in [-0.3, -0.25) is 0 Å². The molecule has 0 bridgehead atoms. The summed E-state index contributed by atoms with van der Waals surface area (Å²) in [6.07, 6.45) is 0.909. The summed E-state index contributed by atoms with van der Waals surface area (Å²) in [6.45, 7) is 1.46. The average Bonchev–Trinajstić information content (AvgIpc) is 2.47. The van der Waals surface area contributed by atoms with Gasteiger partial charge in [-0.05, 0) is 37.2 Å². The van der Waals surface area contributed by atoms with E-state index in [1.165, 1.54) is 5.56 Å². The molecule has 4 nitrogen and oxygen atoms in total. The van der Waals surface area contributed by atoms with Gasteiger partial charge < -0.3 is 14.8 Å². The highest BCUT2D eigenvalue weighted by Gasteiger charge is 2.01. The molecule has 4 heteroatoms. The van der Waals surface area contributed by atoms with Crippen LogP contribution in [0.5, 0.6) is 11.6 Å². The quantitative estimate of drug-likeness (QED) is 0.841. The van der Waals surface area contributed by atoms with E-state index in [2.05, 4.69) is 10.3 Å². The van der Waals surface area contributed by atoms with Gasteiger partial charge in [0.05, 0.1) is 12.3 Å². The molecule has 1 heterocycles. The lowest BCUT2D eigenvalue weighted by Gasteiger charge is -2.07. The Kier molecular flexibility index (Phi) is 5.53. The summed E-state index contributed by atoms with van der Waals surface area (Å²) in [5.74, 6) is 1.41. The predicted octanol–water partition coefficient (Wildman–Crippen LogP) is 2.78. The van der Waals surface area contributed by atoms with Crippen LogP contribution < -0.4 is 10.1 Å². The second kappa shape index (κ2) is 7.62. The summed E-state index contributed by atoms with van der Waals surface area (Å²) in [4.78, 5) is 4.43. The molecule has 1 aromatic heterocycles. The Morgan fingerprint density at radius 3 is 2.60 bits per heavy atom. The van der Waals surface area contributed by atoms with Crippen molar-refractivity contribution >= 4 is 0 Å². The fraction of sp³-hybridized carbons (Fsp3) is 0.312. The second-order valence-electron chi connectivity index (χ2n) is 4.49. The van der Waals surface area contributed by atoms with Crippen LogP contribution in [-0.2, 0) is 17.7 Å². The number of hydrogen-bond acceptors (Lipinski definition) is 4. The maximum Gasteiger partial charge on any atom is 0.219 e. The average molecular weight is 272 g/mol. The van der Waals surface area contributed by atoms with Crippen LogP contribution in [0.2, 0.25) is 0 Å². The van der Waals surface area contributed by atoms with Crippen LogP contribution in [0, 0.1) is 0 Å². The van der Waals surface area contributed by atoms with Gasteiger partial charge in [0.25, 0.3) is 0 Å². The van der Waals surface area contributed by atoms with Gasteiger partial charge in [-0.15, -0.1) is 0 Å². The lowest BCUT2D eigenvalue weighted by molar-refractivity contribution is 0.202. The number of aromatic nitrogens is 1. The summed E-state index contributed by atoms with van der Waals surface area (Å²) in [7, 11) is 3.61. The molecule has 0 amide bonds. The van der Waals surface area contributed by atoms with Crippen molar-refractivity contribution in [3.63, 3.8) is 0 Å². The molecule has 0 saturated heterocycles. The SMILES string of the molecule is CNCc1cccc(Oc2ccc(CCOC)cc2)n1. The normalized spacial score (nSPS) is 10.5. The third-order valence-electron chi connectivity index (χ3n) is 2.88. The number of rotatable bonds is 7. The van der Waals surface area contributed by atoms with Crippen LogP contribution in [0.25, 0.3) is 0 Å². The first-order valence-electron chi connectivity index (χ1n) is 6.68. The summed E-state index contributed by atoms with van der Waals surface area (Å²) >= 11 is 0. The molecule has 0 aliphatic carbocycles. The molecular formula is C16H20N2O2. The molecule has 0 aliphatic rings. The maximum absolute atomic E-state index is 5.75. The van der Waals surface area contributed by atoms with E-state index in [1.807, 2.05) is 49.5 Å². The Morgan fingerprint density at radius 2 is 1.90 bits per heavy atom. The molecule has 0 radical (unpaired) electrons. The Balaban J connectivity index is 2.00. The van der Waals surface area contributed by atoms with E-state index in [4.69, 9.17) is 9.47 Å². The van der Waals surface area contributed by atoms with E-state index in [0.29, 0.717) is 5.88 Å². The summed E-state index contributed by atoms with van der Waals surface area (Å²) in [5.41, 5.74) is 2.19. The Morgan fingerprint density at radius 1 is 1.10 bits per heavy atom. The van der Waals surface area contributed by atoms with Crippen molar-refractivity contribution in [3.05, 3.63) is 53.7 Å². The minimum absolute atomic E-state index is 0.613. The molecule has 0 unspecified atom stereocenters. The monoisotopic (exact) mass is 272 g/mol. The van der Waals surface area contributed by atoms with Crippen molar-refractivity contribution in [2.75, 3.05) is 20.8 Å². The van der Waals surface area contributed by atoms with Gasteiger partial charge in [-0.1, -0.05) is 18.2 Å². The van der Waals surface area contributed by atoms with Crippen LogP contribution in [-0.4, -0.2) is 25.7 Å². The zero-order valence-corrected chi connectivity index (χ0v) is 11.9. The first-order chi connectivity index (χ1) is 9.81. The largest absolute Gasteiger partial charge is 0.439 e. The topological polar surface area (TPSA) is 43.4 Å². The molecule has 106 valence electrons. The standard InChI is InChI=1S/C16H20N2O2/c1-17-12-14-4-3-5-16(18-14)20-15-8-6-13(7-9-15)10-11-19-2/h3-9,17H,10-12H2,1-2H3. The fourth-order valence-electron chi connectivity index (χ4n) is 1.86.